The van der Waals surface area contributed by atoms with Crippen molar-refractivity contribution < 1.29 is 4.79 Å². The average Bonchev–Trinajstić information content (AvgIpc) is 2.97. The molecule has 0 radical (unpaired) electrons. The molecular formula is C15H18N4O. The smallest absolute Gasteiger partial charge is 0.184 e. The number of carbonyl (C=O) groups excluding carboxylic acids is 1. The van der Waals surface area contributed by atoms with Crippen molar-refractivity contribution in [3.8, 4) is 0 Å². The van der Waals surface area contributed by atoms with Gasteiger partial charge in [-0.1, -0.05) is 49.6 Å². The molecule has 0 amide bonds. The lowest BCUT2D eigenvalue weighted by molar-refractivity contribution is 0.0964. The van der Waals surface area contributed by atoms with Gasteiger partial charge in [-0.3, -0.25) is 4.79 Å². The van der Waals surface area contributed by atoms with E-state index >= 15 is 0 Å². The molecule has 0 N–H and O–H groups in total. The molecule has 5 nitrogen and oxygen atoms in total. The van der Waals surface area contributed by atoms with E-state index in [2.05, 4.69) is 15.5 Å². The summed E-state index contributed by atoms with van der Waals surface area (Å²) in [6, 6.07) is 9.30. The van der Waals surface area contributed by atoms with Gasteiger partial charge in [0.25, 0.3) is 0 Å². The van der Waals surface area contributed by atoms with E-state index in [4.69, 9.17) is 0 Å². The SMILES string of the molecule is O=C(Cn1nnnc1C1CCCCC1)c1ccccc1. The molecule has 0 bridgehead atoms. The van der Waals surface area contributed by atoms with Gasteiger partial charge < -0.3 is 0 Å². The number of hydrogen-bond donors (Lipinski definition) is 0. The van der Waals surface area contributed by atoms with Crippen molar-refractivity contribution in [3.05, 3.63) is 41.7 Å². The highest BCUT2D eigenvalue weighted by atomic mass is 16.1. The fraction of sp³-hybridized carbons (Fsp3) is 0.467. The van der Waals surface area contributed by atoms with Crippen LogP contribution in [0, 0.1) is 0 Å². The van der Waals surface area contributed by atoms with Crippen molar-refractivity contribution >= 4 is 5.78 Å². The molecule has 0 spiro atoms. The van der Waals surface area contributed by atoms with Crippen LogP contribution in [0.4, 0.5) is 0 Å². The lowest BCUT2D eigenvalue weighted by Crippen LogP contribution is -2.18. The third kappa shape index (κ3) is 2.76. The van der Waals surface area contributed by atoms with Crippen LogP contribution in [0.2, 0.25) is 0 Å². The molecule has 1 heterocycles. The Bertz CT molecular complexity index is 573. The molecule has 1 aromatic heterocycles. The Morgan fingerprint density at radius 3 is 2.65 bits per heavy atom. The second-order valence-electron chi connectivity index (χ2n) is 5.32. The summed E-state index contributed by atoms with van der Waals surface area (Å²) in [5.74, 6) is 1.33. The predicted octanol–water partition coefficient (Wildman–Crippen LogP) is 2.60. The summed E-state index contributed by atoms with van der Waals surface area (Å²) in [6.07, 6.45) is 6.00. The highest BCUT2D eigenvalue weighted by molar-refractivity contribution is 5.95. The summed E-state index contributed by atoms with van der Waals surface area (Å²) in [6.45, 7) is 0.225. The second-order valence-corrected chi connectivity index (χ2v) is 5.32. The van der Waals surface area contributed by atoms with Gasteiger partial charge in [-0.2, -0.15) is 0 Å². The first-order valence-corrected chi connectivity index (χ1v) is 7.19. The van der Waals surface area contributed by atoms with Crippen LogP contribution in [0.5, 0.6) is 0 Å². The molecule has 1 aromatic carbocycles. The van der Waals surface area contributed by atoms with Crippen molar-refractivity contribution in [2.24, 2.45) is 0 Å². The van der Waals surface area contributed by atoms with E-state index < -0.39 is 0 Å². The highest BCUT2D eigenvalue weighted by Gasteiger charge is 2.22. The van der Waals surface area contributed by atoms with Crippen LogP contribution < -0.4 is 0 Å². The molecule has 3 rings (SSSR count). The van der Waals surface area contributed by atoms with Crippen LogP contribution in [0.15, 0.2) is 30.3 Å². The highest BCUT2D eigenvalue weighted by Crippen LogP contribution is 2.30. The molecular weight excluding hydrogens is 252 g/mol. The molecule has 2 aromatic rings. The summed E-state index contributed by atoms with van der Waals surface area (Å²) in [5.41, 5.74) is 0.706. The number of ketones is 1. The van der Waals surface area contributed by atoms with Crippen LogP contribution >= 0.6 is 0 Å². The molecule has 0 atom stereocenters. The standard InChI is InChI=1S/C15H18N4O/c20-14(12-7-3-1-4-8-12)11-19-15(16-17-18-19)13-9-5-2-6-10-13/h1,3-4,7-8,13H,2,5-6,9-11H2. The van der Waals surface area contributed by atoms with Gasteiger partial charge in [-0.25, -0.2) is 4.68 Å². The first-order valence-electron chi connectivity index (χ1n) is 7.19. The Morgan fingerprint density at radius 1 is 1.15 bits per heavy atom. The zero-order chi connectivity index (χ0) is 13.8. The minimum absolute atomic E-state index is 0.0509. The topological polar surface area (TPSA) is 60.7 Å². The maximum Gasteiger partial charge on any atom is 0.184 e. The summed E-state index contributed by atoms with van der Waals surface area (Å²) >= 11 is 0. The van der Waals surface area contributed by atoms with Crippen LogP contribution in [-0.2, 0) is 6.54 Å². The quantitative estimate of drug-likeness (QED) is 0.801. The summed E-state index contributed by atoms with van der Waals surface area (Å²) in [7, 11) is 0. The number of nitrogens with zero attached hydrogens (tertiary/aromatic N) is 4. The molecule has 104 valence electrons. The van der Waals surface area contributed by atoms with Crippen molar-refractivity contribution in [1.82, 2.24) is 20.2 Å². The van der Waals surface area contributed by atoms with Crippen LogP contribution in [-0.4, -0.2) is 26.0 Å². The van der Waals surface area contributed by atoms with E-state index in [0.29, 0.717) is 11.5 Å². The molecule has 0 aliphatic heterocycles. The minimum Gasteiger partial charge on any atom is -0.292 e. The lowest BCUT2D eigenvalue weighted by atomic mass is 9.89. The Labute approximate surface area is 118 Å². The monoisotopic (exact) mass is 270 g/mol. The minimum atomic E-state index is 0.0509. The van der Waals surface area contributed by atoms with Crippen molar-refractivity contribution in [2.45, 2.75) is 44.6 Å². The van der Waals surface area contributed by atoms with E-state index in [1.165, 1.54) is 19.3 Å². The number of hydrogen-bond acceptors (Lipinski definition) is 4. The van der Waals surface area contributed by atoms with E-state index in [-0.39, 0.29) is 12.3 Å². The fourth-order valence-electron chi connectivity index (χ4n) is 2.83. The Morgan fingerprint density at radius 2 is 1.90 bits per heavy atom. The number of aromatic nitrogens is 4. The maximum absolute atomic E-state index is 12.2. The summed E-state index contributed by atoms with van der Waals surface area (Å²) in [4.78, 5) is 12.2. The zero-order valence-corrected chi connectivity index (χ0v) is 11.4. The summed E-state index contributed by atoms with van der Waals surface area (Å²) < 4.78 is 1.67. The first kappa shape index (κ1) is 13.0. The molecule has 1 aliphatic rings. The molecule has 0 unspecified atom stereocenters. The van der Waals surface area contributed by atoms with Gasteiger partial charge in [-0.15, -0.1) is 5.10 Å². The van der Waals surface area contributed by atoms with Gasteiger partial charge in [0, 0.05) is 11.5 Å². The van der Waals surface area contributed by atoms with Crippen molar-refractivity contribution in [3.63, 3.8) is 0 Å². The molecule has 1 saturated carbocycles. The summed E-state index contributed by atoms with van der Waals surface area (Å²) in [5, 5.41) is 11.9. The van der Waals surface area contributed by atoms with Gasteiger partial charge in [0.2, 0.25) is 0 Å². The maximum atomic E-state index is 12.2. The predicted molar refractivity (Wildman–Crippen MR) is 74.4 cm³/mol. The molecule has 20 heavy (non-hydrogen) atoms. The third-order valence-corrected chi connectivity index (χ3v) is 3.92. The van der Waals surface area contributed by atoms with Gasteiger partial charge >= 0.3 is 0 Å². The molecule has 0 saturated heterocycles. The number of tetrazole rings is 1. The Hall–Kier alpha value is -2.04. The molecule has 5 heteroatoms. The van der Waals surface area contributed by atoms with Crippen molar-refractivity contribution in [2.75, 3.05) is 0 Å². The average molecular weight is 270 g/mol. The van der Waals surface area contributed by atoms with Gasteiger partial charge in [0.05, 0.1) is 0 Å². The normalized spacial score (nSPS) is 16.2. The molecule has 1 aliphatic carbocycles. The van der Waals surface area contributed by atoms with Gasteiger partial charge in [0.1, 0.15) is 6.54 Å². The van der Waals surface area contributed by atoms with Gasteiger partial charge in [-0.05, 0) is 23.3 Å². The Balaban J connectivity index is 1.75. The lowest BCUT2D eigenvalue weighted by Gasteiger charge is -2.20. The van der Waals surface area contributed by atoms with E-state index in [1.54, 1.807) is 4.68 Å². The van der Waals surface area contributed by atoms with Crippen LogP contribution in [0.25, 0.3) is 0 Å². The van der Waals surface area contributed by atoms with E-state index in [9.17, 15) is 4.79 Å². The number of benzene rings is 1. The van der Waals surface area contributed by atoms with Crippen LogP contribution in [0.3, 0.4) is 0 Å². The van der Waals surface area contributed by atoms with Crippen LogP contribution in [0.1, 0.15) is 54.2 Å². The zero-order valence-electron chi connectivity index (χ0n) is 11.4. The van der Waals surface area contributed by atoms with Crippen molar-refractivity contribution in [1.29, 1.82) is 0 Å². The second kappa shape index (κ2) is 5.94. The molecule has 1 fully saturated rings. The van der Waals surface area contributed by atoms with E-state index in [1.807, 2.05) is 30.3 Å². The fourth-order valence-corrected chi connectivity index (χ4v) is 2.83. The largest absolute Gasteiger partial charge is 0.292 e. The van der Waals surface area contributed by atoms with Gasteiger partial charge in [0.15, 0.2) is 11.6 Å². The number of carbonyl (C=O) groups is 1. The number of rotatable bonds is 4. The third-order valence-electron chi connectivity index (χ3n) is 3.92. The number of Topliss-reactive ketones (excluding diaryl/α,β-unsaturated/α-hetero) is 1. The van der Waals surface area contributed by atoms with E-state index in [0.717, 1.165) is 18.7 Å². The first-order chi connectivity index (χ1) is 9.84. The Kier molecular flexibility index (Phi) is 3.85.